The van der Waals surface area contributed by atoms with Crippen LogP contribution in [0, 0.1) is 5.92 Å². The van der Waals surface area contributed by atoms with E-state index in [0.717, 1.165) is 25.7 Å². The van der Waals surface area contributed by atoms with Crippen molar-refractivity contribution >= 4 is 7.82 Å². The van der Waals surface area contributed by atoms with Crippen LogP contribution in [0.15, 0.2) is 0 Å². The standard InChI is InChI=1S/C25H54NO4P/c1-6-8-9-10-11-12-13-14-15-16-17-18-19-20-22-24(21-7-2)25(23-26(3,4)5)30-31(27,28)29/h24-25H,6-23H2,1-5H3,(H-,27,28,29)/p+1. The Morgan fingerprint density at radius 1 is 0.677 bits per heavy atom. The highest BCUT2D eigenvalue weighted by atomic mass is 31.2. The maximum atomic E-state index is 11.5. The summed E-state index contributed by atoms with van der Waals surface area (Å²) in [6, 6.07) is 0. The Morgan fingerprint density at radius 2 is 1.10 bits per heavy atom. The van der Waals surface area contributed by atoms with Crippen LogP contribution in [0.25, 0.3) is 0 Å². The predicted octanol–water partition coefficient (Wildman–Crippen LogP) is 7.46. The van der Waals surface area contributed by atoms with Crippen LogP contribution in [0.3, 0.4) is 0 Å². The smallest absolute Gasteiger partial charge is 0.329 e. The summed E-state index contributed by atoms with van der Waals surface area (Å²) in [5.41, 5.74) is 0. The highest BCUT2D eigenvalue weighted by Crippen LogP contribution is 2.41. The van der Waals surface area contributed by atoms with E-state index in [9.17, 15) is 14.4 Å². The molecule has 0 saturated heterocycles. The molecular formula is C25H55NO4P+. The largest absolute Gasteiger partial charge is 0.470 e. The first-order chi connectivity index (χ1) is 14.6. The third-order valence-corrected chi connectivity index (χ3v) is 6.66. The molecule has 2 N–H and O–H groups in total. The Bertz CT molecular complexity index is 447. The number of phosphoric acid groups is 1. The number of nitrogens with zero attached hydrogens (tertiary/aromatic N) is 1. The molecule has 0 aromatic rings. The molecule has 0 spiro atoms. The Morgan fingerprint density at radius 3 is 1.45 bits per heavy atom. The third kappa shape index (κ3) is 21.7. The van der Waals surface area contributed by atoms with Crippen LogP contribution in [-0.2, 0) is 9.09 Å². The lowest BCUT2D eigenvalue weighted by Crippen LogP contribution is -2.45. The third-order valence-electron chi connectivity index (χ3n) is 6.11. The quantitative estimate of drug-likeness (QED) is 0.0991. The number of phosphoric ester groups is 1. The molecule has 188 valence electrons. The van der Waals surface area contributed by atoms with Crippen molar-refractivity contribution in [1.29, 1.82) is 0 Å². The zero-order valence-electron chi connectivity index (χ0n) is 21.5. The van der Waals surface area contributed by atoms with Gasteiger partial charge < -0.3 is 14.3 Å². The average Bonchev–Trinajstić information content (AvgIpc) is 2.64. The Balaban J connectivity index is 4.00. The normalized spacial score (nSPS) is 14.7. The van der Waals surface area contributed by atoms with Crippen molar-refractivity contribution in [3.8, 4) is 0 Å². The molecule has 31 heavy (non-hydrogen) atoms. The Hall–Kier alpha value is 0.0700. The summed E-state index contributed by atoms with van der Waals surface area (Å²) < 4.78 is 17.4. The lowest BCUT2D eigenvalue weighted by molar-refractivity contribution is -0.873. The van der Waals surface area contributed by atoms with Gasteiger partial charge in [-0.25, -0.2) is 4.57 Å². The van der Waals surface area contributed by atoms with E-state index in [1.807, 2.05) is 21.1 Å². The first-order valence-electron chi connectivity index (χ1n) is 13.1. The van der Waals surface area contributed by atoms with Crippen LogP contribution in [0.2, 0.25) is 0 Å². The molecule has 0 aliphatic carbocycles. The number of likely N-dealkylation sites (N-methyl/N-ethyl adjacent to an activating group) is 1. The molecule has 0 fully saturated rings. The molecule has 0 aliphatic heterocycles. The molecule has 0 heterocycles. The lowest BCUT2D eigenvalue weighted by atomic mass is 9.90. The summed E-state index contributed by atoms with van der Waals surface area (Å²) in [6.07, 6.45) is 21.4. The van der Waals surface area contributed by atoms with Crippen molar-refractivity contribution in [2.24, 2.45) is 5.92 Å². The van der Waals surface area contributed by atoms with Crippen LogP contribution < -0.4 is 0 Å². The maximum Gasteiger partial charge on any atom is 0.470 e. The second-order valence-electron chi connectivity index (χ2n) is 10.5. The number of rotatable bonds is 22. The summed E-state index contributed by atoms with van der Waals surface area (Å²) in [4.78, 5) is 18.8. The molecule has 0 saturated carbocycles. The van der Waals surface area contributed by atoms with E-state index in [1.54, 1.807) is 0 Å². The number of hydrogen-bond acceptors (Lipinski definition) is 2. The molecule has 0 rings (SSSR count). The van der Waals surface area contributed by atoms with Crippen molar-refractivity contribution in [2.75, 3.05) is 27.7 Å². The van der Waals surface area contributed by atoms with E-state index in [1.165, 1.54) is 83.5 Å². The highest BCUT2D eigenvalue weighted by molar-refractivity contribution is 7.46. The molecule has 2 unspecified atom stereocenters. The second-order valence-corrected chi connectivity index (χ2v) is 11.7. The van der Waals surface area contributed by atoms with Gasteiger partial charge in [0, 0.05) is 0 Å². The Kier molecular flexibility index (Phi) is 18.5. The van der Waals surface area contributed by atoms with E-state index >= 15 is 0 Å². The van der Waals surface area contributed by atoms with E-state index in [2.05, 4.69) is 13.8 Å². The maximum absolute atomic E-state index is 11.5. The van der Waals surface area contributed by atoms with Crippen LogP contribution in [-0.4, -0.2) is 48.1 Å². The van der Waals surface area contributed by atoms with Gasteiger partial charge in [-0.2, -0.15) is 0 Å². The van der Waals surface area contributed by atoms with Crippen LogP contribution in [0.1, 0.15) is 123 Å². The predicted molar refractivity (Wildman–Crippen MR) is 133 cm³/mol. The van der Waals surface area contributed by atoms with E-state index in [-0.39, 0.29) is 12.0 Å². The first kappa shape index (κ1) is 31.1. The van der Waals surface area contributed by atoms with Gasteiger partial charge in [0.15, 0.2) is 0 Å². The topological polar surface area (TPSA) is 66.8 Å². The van der Waals surface area contributed by atoms with Crippen molar-refractivity contribution < 1.29 is 23.4 Å². The lowest BCUT2D eigenvalue weighted by Gasteiger charge is -2.33. The summed E-state index contributed by atoms with van der Waals surface area (Å²) in [5.74, 6) is 0.215. The molecule has 0 amide bonds. The van der Waals surface area contributed by atoms with Gasteiger partial charge in [0.2, 0.25) is 0 Å². The number of quaternary nitrogens is 1. The number of hydrogen-bond donors (Lipinski definition) is 2. The Labute approximate surface area is 194 Å². The van der Waals surface area contributed by atoms with E-state index in [0.29, 0.717) is 11.0 Å². The summed E-state index contributed by atoms with van der Waals surface area (Å²) in [6.45, 7) is 5.03. The summed E-state index contributed by atoms with van der Waals surface area (Å²) in [7, 11) is 1.67. The van der Waals surface area contributed by atoms with Crippen LogP contribution >= 0.6 is 7.82 Å². The van der Waals surface area contributed by atoms with Crippen molar-refractivity contribution in [3.05, 3.63) is 0 Å². The van der Waals surface area contributed by atoms with Gasteiger partial charge in [0.1, 0.15) is 12.6 Å². The summed E-state index contributed by atoms with van der Waals surface area (Å²) in [5, 5.41) is 0. The molecule has 0 aromatic carbocycles. The zero-order valence-corrected chi connectivity index (χ0v) is 22.4. The van der Waals surface area contributed by atoms with E-state index in [4.69, 9.17) is 4.52 Å². The van der Waals surface area contributed by atoms with E-state index < -0.39 is 7.82 Å². The molecule has 0 bridgehead atoms. The molecule has 0 aliphatic rings. The van der Waals surface area contributed by atoms with Gasteiger partial charge in [0.25, 0.3) is 0 Å². The van der Waals surface area contributed by atoms with Gasteiger partial charge in [-0.15, -0.1) is 0 Å². The fourth-order valence-corrected chi connectivity index (χ4v) is 5.06. The van der Waals surface area contributed by atoms with Gasteiger partial charge in [-0.3, -0.25) is 4.52 Å². The minimum absolute atomic E-state index is 0.215. The molecule has 2 atom stereocenters. The SMILES string of the molecule is CCCCCCCCCCCCCCCCC(CCC)C(C[N+](C)(C)C)OP(=O)(O)O. The molecule has 6 heteroatoms. The molecule has 0 aromatic heterocycles. The minimum atomic E-state index is -4.47. The van der Waals surface area contributed by atoms with Crippen molar-refractivity contribution in [2.45, 2.75) is 129 Å². The fraction of sp³-hybridized carbons (Fsp3) is 1.00. The van der Waals surface area contributed by atoms with Crippen molar-refractivity contribution in [3.63, 3.8) is 0 Å². The first-order valence-corrected chi connectivity index (χ1v) is 14.7. The van der Waals surface area contributed by atoms with Crippen LogP contribution in [0.4, 0.5) is 0 Å². The highest BCUT2D eigenvalue weighted by Gasteiger charge is 2.32. The van der Waals surface area contributed by atoms with Gasteiger partial charge in [-0.1, -0.05) is 110 Å². The molecule has 5 nitrogen and oxygen atoms in total. The van der Waals surface area contributed by atoms with Crippen LogP contribution in [0.5, 0.6) is 0 Å². The average molecular weight is 465 g/mol. The number of unbranched alkanes of at least 4 members (excludes halogenated alkanes) is 13. The fourth-order valence-electron chi connectivity index (χ4n) is 4.47. The summed E-state index contributed by atoms with van der Waals surface area (Å²) >= 11 is 0. The zero-order chi connectivity index (χ0) is 23.6. The van der Waals surface area contributed by atoms with Crippen molar-refractivity contribution in [1.82, 2.24) is 0 Å². The monoisotopic (exact) mass is 464 g/mol. The second kappa shape index (κ2) is 18.5. The molecular weight excluding hydrogens is 409 g/mol. The van der Waals surface area contributed by atoms with Gasteiger partial charge in [0.05, 0.1) is 21.1 Å². The minimum Gasteiger partial charge on any atom is -0.329 e. The van der Waals surface area contributed by atoms with Gasteiger partial charge in [-0.05, 0) is 18.8 Å². The van der Waals surface area contributed by atoms with Gasteiger partial charge >= 0.3 is 7.82 Å². The molecule has 0 radical (unpaired) electrons.